The van der Waals surface area contributed by atoms with Crippen molar-refractivity contribution in [1.29, 1.82) is 0 Å². The zero-order chi connectivity index (χ0) is 11.9. The van der Waals surface area contributed by atoms with Gasteiger partial charge in [-0.1, -0.05) is 0 Å². The summed E-state index contributed by atoms with van der Waals surface area (Å²) < 4.78 is 0. The van der Waals surface area contributed by atoms with Crippen LogP contribution in [0.25, 0.3) is 0 Å². The van der Waals surface area contributed by atoms with Gasteiger partial charge in [0.25, 0.3) is 5.69 Å². The normalized spacial score (nSPS) is 21.5. The van der Waals surface area contributed by atoms with Gasteiger partial charge >= 0.3 is 0 Å². The van der Waals surface area contributed by atoms with Crippen LogP contribution in [0.2, 0.25) is 0 Å². The van der Waals surface area contributed by atoms with E-state index in [-0.39, 0.29) is 5.69 Å². The zero-order valence-electron chi connectivity index (χ0n) is 9.63. The molecule has 1 saturated heterocycles. The minimum Gasteiger partial charge on any atom is -0.356 e. The number of rotatable bonds is 2. The number of piperidine rings is 1. The Morgan fingerprint density at radius 3 is 2.76 bits per heavy atom. The van der Waals surface area contributed by atoms with Crippen molar-refractivity contribution >= 4 is 11.5 Å². The molecule has 1 aliphatic carbocycles. The highest BCUT2D eigenvalue weighted by Crippen LogP contribution is 2.52. The summed E-state index contributed by atoms with van der Waals surface area (Å²) in [6, 6.07) is 3.30. The molecule has 0 N–H and O–H groups in total. The summed E-state index contributed by atoms with van der Waals surface area (Å²) in [7, 11) is 0. The smallest absolute Gasteiger partial charge is 0.287 e. The highest BCUT2D eigenvalue weighted by Gasteiger charge is 2.45. The van der Waals surface area contributed by atoms with Crippen LogP contribution in [0.4, 0.5) is 11.5 Å². The molecular weight excluding hydrogens is 218 g/mol. The van der Waals surface area contributed by atoms with E-state index in [4.69, 9.17) is 0 Å². The van der Waals surface area contributed by atoms with Gasteiger partial charge in [0.2, 0.25) is 0 Å². The Labute approximate surface area is 99.6 Å². The van der Waals surface area contributed by atoms with Crippen molar-refractivity contribution in [2.75, 3.05) is 18.0 Å². The molecule has 1 aliphatic heterocycles. The number of nitrogens with zero attached hydrogens (tertiary/aromatic N) is 3. The molecule has 0 unspecified atom stereocenters. The van der Waals surface area contributed by atoms with E-state index in [9.17, 15) is 10.1 Å². The summed E-state index contributed by atoms with van der Waals surface area (Å²) in [5.41, 5.74) is 0.605. The molecule has 1 spiro atoms. The van der Waals surface area contributed by atoms with Crippen molar-refractivity contribution in [3.8, 4) is 0 Å². The standard InChI is InChI=1S/C12H15N3O2/c16-15(17)10-2-3-11(13-8-10)14-7-1-4-12(9-14)5-6-12/h2-3,8H,1,4-7,9H2. The second-order valence-electron chi connectivity index (χ2n) is 5.16. The molecule has 0 aromatic carbocycles. The molecule has 0 radical (unpaired) electrons. The minimum atomic E-state index is -0.407. The molecule has 1 aromatic heterocycles. The fourth-order valence-electron chi connectivity index (χ4n) is 2.66. The Morgan fingerprint density at radius 2 is 2.18 bits per heavy atom. The Morgan fingerprint density at radius 1 is 1.35 bits per heavy atom. The molecule has 0 amide bonds. The summed E-state index contributed by atoms with van der Waals surface area (Å²) >= 11 is 0. The topological polar surface area (TPSA) is 59.3 Å². The van der Waals surface area contributed by atoms with Crippen LogP contribution in [0, 0.1) is 15.5 Å². The third-order valence-electron chi connectivity index (χ3n) is 3.89. The van der Waals surface area contributed by atoms with E-state index in [1.807, 2.05) is 0 Å². The van der Waals surface area contributed by atoms with Crippen LogP contribution in [0.1, 0.15) is 25.7 Å². The summed E-state index contributed by atoms with van der Waals surface area (Å²) in [6.45, 7) is 2.09. The Hall–Kier alpha value is -1.65. The third kappa shape index (κ3) is 1.97. The highest BCUT2D eigenvalue weighted by molar-refractivity contribution is 5.44. The maximum atomic E-state index is 10.6. The Kier molecular flexibility index (Phi) is 2.28. The number of anilines is 1. The van der Waals surface area contributed by atoms with E-state index in [0.717, 1.165) is 18.9 Å². The predicted molar refractivity (Wildman–Crippen MR) is 64.0 cm³/mol. The van der Waals surface area contributed by atoms with Gasteiger partial charge in [0.05, 0.1) is 4.92 Å². The van der Waals surface area contributed by atoms with E-state index < -0.39 is 4.92 Å². The lowest BCUT2D eigenvalue weighted by Crippen LogP contribution is -2.36. The van der Waals surface area contributed by atoms with E-state index in [1.54, 1.807) is 6.07 Å². The Bertz CT molecular complexity index is 440. The number of nitro groups is 1. The van der Waals surface area contributed by atoms with E-state index >= 15 is 0 Å². The summed E-state index contributed by atoms with van der Waals surface area (Å²) in [6.07, 6.45) is 6.55. The fourth-order valence-corrected chi connectivity index (χ4v) is 2.66. The van der Waals surface area contributed by atoms with Gasteiger partial charge in [0.15, 0.2) is 0 Å². The first-order chi connectivity index (χ1) is 8.19. The molecule has 1 saturated carbocycles. The average molecular weight is 233 g/mol. The first-order valence-corrected chi connectivity index (χ1v) is 6.04. The van der Waals surface area contributed by atoms with Gasteiger partial charge in [-0.2, -0.15) is 0 Å². The highest BCUT2D eigenvalue weighted by atomic mass is 16.6. The molecule has 0 atom stereocenters. The molecule has 90 valence electrons. The van der Waals surface area contributed by atoms with Gasteiger partial charge in [-0.25, -0.2) is 4.98 Å². The first-order valence-electron chi connectivity index (χ1n) is 6.04. The predicted octanol–water partition coefficient (Wildman–Crippen LogP) is 2.37. The van der Waals surface area contributed by atoms with Crippen LogP contribution in [0.5, 0.6) is 0 Å². The second-order valence-corrected chi connectivity index (χ2v) is 5.16. The summed E-state index contributed by atoms with van der Waals surface area (Å²) in [4.78, 5) is 16.6. The monoisotopic (exact) mass is 233 g/mol. The quantitative estimate of drug-likeness (QED) is 0.581. The zero-order valence-corrected chi connectivity index (χ0v) is 9.63. The molecule has 5 nitrogen and oxygen atoms in total. The molecule has 3 rings (SSSR count). The molecular formula is C12H15N3O2. The maximum Gasteiger partial charge on any atom is 0.287 e. The van der Waals surface area contributed by atoms with E-state index in [2.05, 4.69) is 9.88 Å². The SMILES string of the molecule is O=[N+]([O-])c1ccc(N2CCCC3(CC3)C2)nc1. The summed E-state index contributed by atoms with van der Waals surface area (Å²) in [5, 5.41) is 10.6. The largest absolute Gasteiger partial charge is 0.356 e. The lowest BCUT2D eigenvalue weighted by Gasteiger charge is -2.33. The summed E-state index contributed by atoms with van der Waals surface area (Å²) in [5.74, 6) is 0.876. The van der Waals surface area contributed by atoms with Crippen LogP contribution in [0.3, 0.4) is 0 Å². The van der Waals surface area contributed by atoms with Gasteiger partial charge in [0, 0.05) is 19.2 Å². The van der Waals surface area contributed by atoms with Crippen molar-refractivity contribution in [2.45, 2.75) is 25.7 Å². The van der Waals surface area contributed by atoms with Crippen molar-refractivity contribution in [1.82, 2.24) is 4.98 Å². The van der Waals surface area contributed by atoms with Gasteiger partial charge < -0.3 is 4.90 Å². The van der Waals surface area contributed by atoms with Crippen LogP contribution in [-0.2, 0) is 0 Å². The molecule has 17 heavy (non-hydrogen) atoms. The minimum absolute atomic E-state index is 0.0619. The van der Waals surface area contributed by atoms with Crippen LogP contribution in [-0.4, -0.2) is 23.0 Å². The first kappa shape index (κ1) is 10.5. The van der Waals surface area contributed by atoms with Crippen molar-refractivity contribution in [2.24, 2.45) is 5.41 Å². The van der Waals surface area contributed by atoms with Gasteiger partial charge in [-0.05, 0) is 37.2 Å². The van der Waals surface area contributed by atoms with E-state index in [1.165, 1.54) is 37.9 Å². The van der Waals surface area contributed by atoms with Crippen LogP contribution >= 0.6 is 0 Å². The van der Waals surface area contributed by atoms with Crippen molar-refractivity contribution < 1.29 is 4.92 Å². The molecule has 2 fully saturated rings. The lowest BCUT2D eigenvalue weighted by atomic mass is 9.95. The molecule has 2 heterocycles. The van der Waals surface area contributed by atoms with Gasteiger partial charge in [-0.3, -0.25) is 10.1 Å². The number of hydrogen-bond donors (Lipinski definition) is 0. The van der Waals surface area contributed by atoms with Gasteiger partial charge in [-0.15, -0.1) is 0 Å². The van der Waals surface area contributed by atoms with Crippen LogP contribution < -0.4 is 4.90 Å². The van der Waals surface area contributed by atoms with Crippen molar-refractivity contribution in [3.63, 3.8) is 0 Å². The second kappa shape index (κ2) is 3.68. The lowest BCUT2D eigenvalue weighted by molar-refractivity contribution is -0.385. The number of aromatic nitrogens is 1. The Balaban J connectivity index is 1.77. The average Bonchev–Trinajstić information content (AvgIpc) is 3.08. The van der Waals surface area contributed by atoms with Crippen molar-refractivity contribution in [3.05, 3.63) is 28.4 Å². The third-order valence-corrected chi connectivity index (χ3v) is 3.89. The maximum absolute atomic E-state index is 10.6. The number of pyridine rings is 1. The molecule has 2 aliphatic rings. The molecule has 0 bridgehead atoms. The molecule has 1 aromatic rings. The van der Waals surface area contributed by atoms with Gasteiger partial charge in [0.1, 0.15) is 12.0 Å². The fraction of sp³-hybridized carbons (Fsp3) is 0.583. The number of hydrogen-bond acceptors (Lipinski definition) is 4. The van der Waals surface area contributed by atoms with Crippen LogP contribution in [0.15, 0.2) is 18.3 Å². The molecule has 5 heteroatoms. The van der Waals surface area contributed by atoms with E-state index in [0.29, 0.717) is 5.41 Å².